The van der Waals surface area contributed by atoms with Crippen molar-refractivity contribution in [3.05, 3.63) is 47.9 Å². The smallest absolute Gasteiger partial charge is 0.373 e. The summed E-state index contributed by atoms with van der Waals surface area (Å²) in [5.41, 5.74) is 1.86. The van der Waals surface area contributed by atoms with Crippen molar-refractivity contribution in [1.82, 2.24) is 9.97 Å². The number of H-pyrrole nitrogens is 1. The molecular formula is C14H13N3O3. The Morgan fingerprint density at radius 1 is 1.35 bits per heavy atom. The number of hydrogen-bond donors (Lipinski definition) is 2. The van der Waals surface area contributed by atoms with E-state index >= 15 is 0 Å². The van der Waals surface area contributed by atoms with Gasteiger partial charge in [-0.25, -0.2) is 9.78 Å². The summed E-state index contributed by atoms with van der Waals surface area (Å²) in [5.74, 6) is 0.988. The predicted octanol–water partition coefficient (Wildman–Crippen LogP) is 2.55. The Bertz CT molecular complexity index is 712. The van der Waals surface area contributed by atoms with Gasteiger partial charge in [0.1, 0.15) is 5.76 Å². The first kappa shape index (κ1) is 12.3. The number of aromatic nitrogens is 2. The lowest BCUT2D eigenvalue weighted by Gasteiger charge is -1.99. The summed E-state index contributed by atoms with van der Waals surface area (Å²) < 4.78 is 9.93. The number of rotatable bonds is 4. The average Bonchev–Trinajstić information content (AvgIpc) is 3.10. The molecule has 0 aliphatic carbocycles. The summed E-state index contributed by atoms with van der Waals surface area (Å²) in [6.07, 6.45) is 0. The third kappa shape index (κ3) is 2.35. The van der Waals surface area contributed by atoms with Crippen molar-refractivity contribution in [3.63, 3.8) is 0 Å². The molecule has 0 saturated carbocycles. The fourth-order valence-electron chi connectivity index (χ4n) is 1.89. The first-order valence-corrected chi connectivity index (χ1v) is 6.12. The monoisotopic (exact) mass is 271 g/mol. The van der Waals surface area contributed by atoms with Crippen LogP contribution in [0, 0.1) is 0 Å². The molecule has 2 aromatic heterocycles. The van der Waals surface area contributed by atoms with Gasteiger partial charge in [-0.3, -0.25) is 0 Å². The molecule has 20 heavy (non-hydrogen) atoms. The Hall–Kier alpha value is -2.76. The van der Waals surface area contributed by atoms with Crippen LogP contribution >= 0.6 is 0 Å². The van der Waals surface area contributed by atoms with Crippen molar-refractivity contribution in [3.8, 4) is 0 Å². The molecule has 102 valence electrons. The molecule has 0 spiro atoms. The van der Waals surface area contributed by atoms with E-state index in [2.05, 4.69) is 20.0 Å². The van der Waals surface area contributed by atoms with Crippen LogP contribution in [0.15, 0.2) is 40.8 Å². The number of esters is 1. The second-order valence-corrected chi connectivity index (χ2v) is 4.21. The summed E-state index contributed by atoms with van der Waals surface area (Å²) >= 11 is 0. The largest absolute Gasteiger partial charge is 0.463 e. The van der Waals surface area contributed by atoms with Gasteiger partial charge in [-0.05, 0) is 24.3 Å². The van der Waals surface area contributed by atoms with E-state index in [4.69, 9.17) is 4.42 Å². The fraction of sp³-hybridized carbons (Fsp3) is 0.143. The number of hydrogen-bond acceptors (Lipinski definition) is 5. The molecule has 3 rings (SSSR count). The van der Waals surface area contributed by atoms with Gasteiger partial charge in [-0.2, -0.15) is 0 Å². The summed E-state index contributed by atoms with van der Waals surface area (Å²) in [7, 11) is 1.32. The van der Waals surface area contributed by atoms with Crippen LogP contribution in [0.3, 0.4) is 0 Å². The van der Waals surface area contributed by atoms with Crippen LogP contribution in [0.25, 0.3) is 11.0 Å². The number of fused-ring (bicyclic) bond motifs is 1. The predicted molar refractivity (Wildman–Crippen MR) is 73.5 cm³/mol. The number of para-hydroxylation sites is 2. The topological polar surface area (TPSA) is 80.1 Å². The van der Waals surface area contributed by atoms with Crippen LogP contribution < -0.4 is 5.32 Å². The Morgan fingerprint density at radius 3 is 3.00 bits per heavy atom. The molecule has 0 radical (unpaired) electrons. The highest BCUT2D eigenvalue weighted by Crippen LogP contribution is 2.15. The van der Waals surface area contributed by atoms with E-state index in [-0.39, 0.29) is 5.76 Å². The number of anilines is 1. The van der Waals surface area contributed by atoms with Gasteiger partial charge in [0, 0.05) is 0 Å². The van der Waals surface area contributed by atoms with E-state index in [1.54, 1.807) is 12.1 Å². The lowest BCUT2D eigenvalue weighted by atomic mass is 10.3. The van der Waals surface area contributed by atoms with Crippen LogP contribution in [0.4, 0.5) is 5.95 Å². The summed E-state index contributed by atoms with van der Waals surface area (Å²) in [5, 5.41) is 3.11. The van der Waals surface area contributed by atoms with E-state index in [0.29, 0.717) is 18.3 Å². The van der Waals surface area contributed by atoms with Gasteiger partial charge in [-0.15, -0.1) is 0 Å². The maximum atomic E-state index is 11.3. The molecule has 6 heteroatoms. The summed E-state index contributed by atoms with van der Waals surface area (Å²) in [4.78, 5) is 18.8. The zero-order chi connectivity index (χ0) is 13.9. The van der Waals surface area contributed by atoms with E-state index < -0.39 is 5.97 Å². The lowest BCUT2D eigenvalue weighted by molar-refractivity contribution is 0.0563. The number of nitrogens with zero attached hydrogens (tertiary/aromatic N) is 1. The number of methoxy groups -OCH3 is 1. The van der Waals surface area contributed by atoms with E-state index in [1.165, 1.54) is 7.11 Å². The minimum absolute atomic E-state index is 0.189. The standard InChI is InChI=1S/C14H13N3O3/c1-19-13(18)12-7-6-9(20-12)8-15-14-16-10-4-2-3-5-11(10)17-14/h2-7H,8H2,1H3,(H2,15,16,17). The maximum Gasteiger partial charge on any atom is 0.373 e. The zero-order valence-electron chi connectivity index (χ0n) is 10.8. The molecule has 0 fully saturated rings. The van der Waals surface area contributed by atoms with Gasteiger partial charge in [0.05, 0.1) is 24.7 Å². The van der Waals surface area contributed by atoms with E-state index in [1.807, 2.05) is 24.3 Å². The first-order valence-electron chi connectivity index (χ1n) is 6.12. The minimum atomic E-state index is -0.486. The molecule has 0 aliphatic rings. The van der Waals surface area contributed by atoms with Crippen LogP contribution in [0.1, 0.15) is 16.3 Å². The number of benzene rings is 1. The molecule has 0 unspecified atom stereocenters. The quantitative estimate of drug-likeness (QED) is 0.713. The van der Waals surface area contributed by atoms with Gasteiger partial charge in [0.25, 0.3) is 0 Å². The first-order chi connectivity index (χ1) is 9.76. The molecule has 0 amide bonds. The Morgan fingerprint density at radius 2 is 2.20 bits per heavy atom. The molecule has 6 nitrogen and oxygen atoms in total. The Labute approximate surface area is 114 Å². The molecule has 0 saturated heterocycles. The minimum Gasteiger partial charge on any atom is -0.463 e. The van der Waals surface area contributed by atoms with Gasteiger partial charge >= 0.3 is 5.97 Å². The number of imidazole rings is 1. The molecular weight excluding hydrogens is 258 g/mol. The van der Waals surface area contributed by atoms with Crippen molar-refractivity contribution in [2.75, 3.05) is 12.4 Å². The number of furan rings is 1. The molecule has 0 bridgehead atoms. The molecule has 0 aliphatic heterocycles. The van der Waals surface area contributed by atoms with Crippen molar-refractivity contribution < 1.29 is 13.9 Å². The SMILES string of the molecule is COC(=O)c1ccc(CNc2nc3ccccc3[nH]2)o1. The van der Waals surface area contributed by atoms with Gasteiger partial charge in [0.15, 0.2) is 0 Å². The molecule has 0 atom stereocenters. The van der Waals surface area contributed by atoms with E-state index in [9.17, 15) is 4.79 Å². The van der Waals surface area contributed by atoms with E-state index in [0.717, 1.165) is 11.0 Å². The summed E-state index contributed by atoms with van der Waals surface area (Å²) in [6, 6.07) is 11.1. The molecule has 2 heterocycles. The number of carbonyl (C=O) groups is 1. The second-order valence-electron chi connectivity index (χ2n) is 4.21. The second kappa shape index (κ2) is 5.08. The number of ether oxygens (including phenoxy) is 1. The molecule has 3 aromatic rings. The highest BCUT2D eigenvalue weighted by Gasteiger charge is 2.11. The summed E-state index contributed by atoms with van der Waals surface area (Å²) in [6.45, 7) is 0.427. The Balaban J connectivity index is 1.69. The van der Waals surface area contributed by atoms with Gasteiger partial charge in [-0.1, -0.05) is 12.1 Å². The van der Waals surface area contributed by atoms with Crippen LogP contribution in [-0.2, 0) is 11.3 Å². The average molecular weight is 271 g/mol. The fourth-order valence-corrected chi connectivity index (χ4v) is 1.89. The third-order valence-electron chi connectivity index (χ3n) is 2.87. The van der Waals surface area contributed by atoms with Crippen molar-refractivity contribution in [2.45, 2.75) is 6.54 Å². The number of nitrogens with one attached hydrogen (secondary N) is 2. The highest BCUT2D eigenvalue weighted by atomic mass is 16.5. The van der Waals surface area contributed by atoms with Crippen molar-refractivity contribution >= 4 is 23.0 Å². The number of aromatic amines is 1. The lowest BCUT2D eigenvalue weighted by Crippen LogP contribution is -2.01. The van der Waals surface area contributed by atoms with Crippen LogP contribution in [0.2, 0.25) is 0 Å². The molecule has 2 N–H and O–H groups in total. The maximum absolute atomic E-state index is 11.3. The highest BCUT2D eigenvalue weighted by molar-refractivity contribution is 5.86. The third-order valence-corrected chi connectivity index (χ3v) is 2.87. The van der Waals surface area contributed by atoms with Gasteiger partial charge in [0.2, 0.25) is 11.7 Å². The van der Waals surface area contributed by atoms with Crippen LogP contribution in [0.5, 0.6) is 0 Å². The molecule has 1 aromatic carbocycles. The zero-order valence-corrected chi connectivity index (χ0v) is 10.8. The normalized spacial score (nSPS) is 10.7. The van der Waals surface area contributed by atoms with Crippen molar-refractivity contribution in [1.29, 1.82) is 0 Å². The number of carbonyl (C=O) groups excluding carboxylic acids is 1. The Kier molecular flexibility index (Phi) is 3.12. The van der Waals surface area contributed by atoms with Crippen LogP contribution in [-0.4, -0.2) is 23.0 Å². The van der Waals surface area contributed by atoms with Gasteiger partial charge < -0.3 is 19.5 Å². The van der Waals surface area contributed by atoms with Crippen molar-refractivity contribution in [2.24, 2.45) is 0 Å².